The quantitative estimate of drug-likeness (QED) is 0.188. The zero-order chi connectivity index (χ0) is 23.4. The van der Waals surface area contributed by atoms with Crippen molar-refractivity contribution in [1.29, 1.82) is 0 Å². The number of rotatable bonds is 13. The van der Waals surface area contributed by atoms with Crippen LogP contribution in [-0.2, 0) is 21.1 Å². The zero-order valence-electron chi connectivity index (χ0n) is 19.3. The average Bonchev–Trinajstić information content (AvgIpc) is 2.73. The largest absolute Gasteiger partial charge is 0.493 e. The average molecular weight is 460 g/mol. The molecule has 0 fully saturated rings. The molecule has 0 saturated heterocycles. The van der Waals surface area contributed by atoms with Gasteiger partial charge in [0.25, 0.3) is 0 Å². The van der Waals surface area contributed by atoms with Crippen molar-refractivity contribution in [2.45, 2.75) is 33.6 Å². The van der Waals surface area contributed by atoms with E-state index < -0.39 is 9.84 Å². The molecule has 32 heavy (non-hydrogen) atoms. The molecule has 0 amide bonds. The molecule has 0 aromatic heterocycles. The first-order chi connectivity index (χ1) is 15.3. The van der Waals surface area contributed by atoms with Crippen LogP contribution in [0.5, 0.6) is 11.5 Å². The van der Waals surface area contributed by atoms with E-state index in [9.17, 15) is 8.42 Å². The fourth-order valence-electron chi connectivity index (χ4n) is 3.31. The van der Waals surface area contributed by atoms with E-state index in [-0.39, 0.29) is 11.5 Å². The van der Waals surface area contributed by atoms with Crippen molar-refractivity contribution in [3.8, 4) is 11.5 Å². The van der Waals surface area contributed by atoms with Gasteiger partial charge in [0.1, 0.15) is 25.2 Å². The molecule has 0 spiro atoms. The van der Waals surface area contributed by atoms with E-state index in [1.807, 2.05) is 75.4 Å². The number of ether oxygens (including phenoxy) is 2. The Hall–Kier alpha value is -2.80. The molecule has 0 atom stereocenters. The molecule has 0 radical (unpaired) electrons. The van der Waals surface area contributed by atoms with E-state index in [2.05, 4.69) is 5.16 Å². The maximum absolute atomic E-state index is 12.6. The van der Waals surface area contributed by atoms with Crippen LogP contribution in [-0.4, -0.2) is 46.0 Å². The number of oxime groups is 1. The second-order valence-electron chi connectivity index (χ2n) is 7.56. The summed E-state index contributed by atoms with van der Waals surface area (Å²) in [6.45, 7) is 6.70. The van der Waals surface area contributed by atoms with Crippen LogP contribution in [0.25, 0.3) is 0 Å². The van der Waals surface area contributed by atoms with Gasteiger partial charge in [0.15, 0.2) is 9.84 Å². The smallest absolute Gasteiger partial charge is 0.155 e. The Balaban J connectivity index is 1.88. The van der Waals surface area contributed by atoms with Crippen molar-refractivity contribution in [2.75, 3.05) is 31.8 Å². The number of allylic oxidation sites excluding steroid dienone is 1. The molecule has 2 rings (SSSR count). The number of aryl methyl sites for hydroxylation is 2. The third-order valence-corrected chi connectivity index (χ3v) is 6.40. The van der Waals surface area contributed by atoms with Crippen LogP contribution < -0.4 is 9.47 Å². The number of hydrogen-bond acceptors (Lipinski definition) is 6. The molecule has 0 N–H and O–H groups in total. The third kappa shape index (κ3) is 8.75. The van der Waals surface area contributed by atoms with Gasteiger partial charge in [-0.3, -0.25) is 0 Å². The molecule has 6 nitrogen and oxygen atoms in total. The second-order valence-corrected chi connectivity index (χ2v) is 9.75. The Labute approximate surface area is 191 Å². The van der Waals surface area contributed by atoms with Crippen molar-refractivity contribution in [2.24, 2.45) is 5.16 Å². The highest BCUT2D eigenvalue weighted by Crippen LogP contribution is 2.28. The van der Waals surface area contributed by atoms with Gasteiger partial charge in [-0.05, 0) is 56.0 Å². The number of hydrogen-bond donors (Lipinski definition) is 0. The van der Waals surface area contributed by atoms with Crippen molar-refractivity contribution in [3.63, 3.8) is 0 Å². The molecular formula is C25H33NO5S. The lowest BCUT2D eigenvalue weighted by atomic mass is 10.1. The normalized spacial score (nSPS) is 12.2. The molecule has 0 aliphatic rings. The molecule has 7 heteroatoms. The summed E-state index contributed by atoms with van der Waals surface area (Å²) in [4.78, 5) is 4.86. The van der Waals surface area contributed by atoms with Gasteiger partial charge in [-0.2, -0.15) is 0 Å². The summed E-state index contributed by atoms with van der Waals surface area (Å²) < 4.78 is 36.8. The van der Waals surface area contributed by atoms with Gasteiger partial charge in [0.05, 0.1) is 23.8 Å². The minimum absolute atomic E-state index is 0.0210. The van der Waals surface area contributed by atoms with E-state index in [0.29, 0.717) is 31.8 Å². The molecule has 0 saturated carbocycles. The first-order valence-electron chi connectivity index (χ1n) is 10.7. The van der Waals surface area contributed by atoms with Gasteiger partial charge in [-0.1, -0.05) is 47.6 Å². The van der Waals surface area contributed by atoms with Crippen molar-refractivity contribution in [1.82, 2.24) is 0 Å². The van der Waals surface area contributed by atoms with E-state index >= 15 is 0 Å². The first kappa shape index (κ1) is 25.5. The highest BCUT2D eigenvalue weighted by atomic mass is 32.2. The SMILES string of the molecule is C/C=C/COc1cc(C)c(OCCCS(=O)(=O)C/C(Cc2ccccc2)=N/OC)c(C)c1. The highest BCUT2D eigenvalue weighted by molar-refractivity contribution is 7.92. The van der Waals surface area contributed by atoms with Crippen LogP contribution in [0, 0.1) is 13.8 Å². The van der Waals surface area contributed by atoms with Gasteiger partial charge in [0, 0.05) is 6.42 Å². The molecule has 0 heterocycles. The third-order valence-electron chi connectivity index (χ3n) is 4.72. The fraction of sp³-hybridized carbons (Fsp3) is 0.400. The van der Waals surface area contributed by atoms with E-state index in [4.69, 9.17) is 14.3 Å². The molecule has 0 unspecified atom stereocenters. The summed E-state index contributed by atoms with van der Waals surface area (Å²) in [5.74, 6) is 1.45. The first-order valence-corrected chi connectivity index (χ1v) is 12.5. The van der Waals surface area contributed by atoms with E-state index in [0.717, 1.165) is 28.2 Å². The van der Waals surface area contributed by atoms with Crippen LogP contribution in [0.3, 0.4) is 0 Å². The van der Waals surface area contributed by atoms with E-state index in [1.54, 1.807) is 0 Å². The summed E-state index contributed by atoms with van der Waals surface area (Å²) >= 11 is 0. The second kappa shape index (κ2) is 12.9. The summed E-state index contributed by atoms with van der Waals surface area (Å²) in [6, 6.07) is 13.5. The lowest BCUT2D eigenvalue weighted by molar-refractivity contribution is 0.212. The Kier molecular flexibility index (Phi) is 10.3. The van der Waals surface area contributed by atoms with Gasteiger partial charge in [-0.15, -0.1) is 0 Å². The minimum atomic E-state index is -3.33. The van der Waals surface area contributed by atoms with Crippen LogP contribution in [0.2, 0.25) is 0 Å². The summed E-state index contributed by atoms with van der Waals surface area (Å²) in [7, 11) is -1.91. The number of nitrogens with zero attached hydrogens (tertiary/aromatic N) is 1. The Morgan fingerprint density at radius 3 is 2.38 bits per heavy atom. The van der Waals surface area contributed by atoms with Gasteiger partial charge < -0.3 is 14.3 Å². The van der Waals surface area contributed by atoms with Crippen LogP contribution in [0.1, 0.15) is 30.0 Å². The lowest BCUT2D eigenvalue weighted by Crippen LogP contribution is -2.22. The van der Waals surface area contributed by atoms with E-state index in [1.165, 1.54) is 7.11 Å². The lowest BCUT2D eigenvalue weighted by Gasteiger charge is -2.14. The predicted molar refractivity (Wildman–Crippen MR) is 130 cm³/mol. The fourth-order valence-corrected chi connectivity index (χ4v) is 4.68. The molecule has 2 aromatic rings. The molecule has 174 valence electrons. The van der Waals surface area contributed by atoms with Gasteiger partial charge in [-0.25, -0.2) is 8.42 Å². The van der Waals surface area contributed by atoms with Crippen LogP contribution in [0.4, 0.5) is 0 Å². The molecular weight excluding hydrogens is 426 g/mol. The van der Waals surface area contributed by atoms with Gasteiger partial charge in [0.2, 0.25) is 0 Å². The van der Waals surface area contributed by atoms with Crippen molar-refractivity contribution >= 4 is 15.5 Å². The molecule has 0 bridgehead atoms. The maximum atomic E-state index is 12.6. The monoisotopic (exact) mass is 459 g/mol. The molecule has 0 aliphatic carbocycles. The summed E-state index contributed by atoms with van der Waals surface area (Å²) in [5.41, 5.74) is 3.40. The standard InChI is InChI=1S/C25H33NO5S/c1-5-6-13-30-24-16-20(2)25(21(3)17-24)31-14-10-15-32(27,28)19-23(26-29-4)18-22-11-8-7-9-12-22/h5-9,11-12,16-17H,10,13-15,18-19H2,1-4H3/b6-5+,26-23+. The van der Waals surface area contributed by atoms with Crippen LogP contribution >= 0.6 is 0 Å². The van der Waals surface area contributed by atoms with Crippen LogP contribution in [0.15, 0.2) is 59.8 Å². The molecule has 2 aromatic carbocycles. The Morgan fingerprint density at radius 2 is 1.75 bits per heavy atom. The van der Waals surface area contributed by atoms with Crippen molar-refractivity contribution < 1.29 is 22.7 Å². The molecule has 0 aliphatic heterocycles. The Bertz CT molecular complexity index is 991. The van der Waals surface area contributed by atoms with Gasteiger partial charge >= 0.3 is 0 Å². The Morgan fingerprint density at radius 1 is 1.06 bits per heavy atom. The highest BCUT2D eigenvalue weighted by Gasteiger charge is 2.17. The minimum Gasteiger partial charge on any atom is -0.493 e. The zero-order valence-corrected chi connectivity index (χ0v) is 20.2. The predicted octanol–water partition coefficient (Wildman–Crippen LogP) is 4.69. The summed E-state index contributed by atoms with van der Waals surface area (Å²) in [6.07, 6.45) is 4.72. The number of sulfone groups is 1. The number of benzene rings is 2. The topological polar surface area (TPSA) is 74.2 Å². The van der Waals surface area contributed by atoms with Crippen molar-refractivity contribution in [3.05, 3.63) is 71.3 Å². The summed E-state index contributed by atoms with van der Waals surface area (Å²) in [5, 5.41) is 3.93. The maximum Gasteiger partial charge on any atom is 0.155 e.